The zero-order valence-corrected chi connectivity index (χ0v) is 32.8. The molecule has 3 aromatic carbocycles. The minimum absolute atomic E-state index is 0.195. The van der Waals surface area contributed by atoms with E-state index >= 15 is 0 Å². The van der Waals surface area contributed by atoms with E-state index in [-0.39, 0.29) is 5.56 Å². The number of ether oxygens (including phenoxy) is 1. The first-order valence-electron chi connectivity index (χ1n) is 19.4. The van der Waals surface area contributed by atoms with E-state index in [1.807, 2.05) is 47.0 Å². The summed E-state index contributed by atoms with van der Waals surface area (Å²) in [5, 5.41) is 5.70. The van der Waals surface area contributed by atoms with Gasteiger partial charge in [0.2, 0.25) is 5.95 Å². The molecule has 5 heterocycles. The summed E-state index contributed by atoms with van der Waals surface area (Å²) in [5.41, 5.74) is 4.50. The number of methoxy groups -OCH3 is 1. The van der Waals surface area contributed by atoms with Crippen LogP contribution in [-0.2, 0) is 11.1 Å². The van der Waals surface area contributed by atoms with E-state index < -0.39 is 34.3 Å². The van der Waals surface area contributed by atoms with Gasteiger partial charge in [0.1, 0.15) is 28.7 Å². The monoisotopic (exact) mass is 806 g/mol. The Balaban J connectivity index is 0.981. The summed E-state index contributed by atoms with van der Waals surface area (Å²) in [5.74, 6) is -0.500. The molecule has 0 saturated carbocycles. The van der Waals surface area contributed by atoms with Gasteiger partial charge in [0.25, 0.3) is 5.91 Å². The van der Waals surface area contributed by atoms with E-state index in [9.17, 15) is 17.8 Å². The van der Waals surface area contributed by atoms with Crippen molar-refractivity contribution >= 4 is 45.6 Å². The number of halogens is 2. The molecule has 0 radical (unpaired) electrons. The predicted octanol–water partition coefficient (Wildman–Crippen LogP) is 8.03. The third-order valence-corrected chi connectivity index (χ3v) is 11.7. The lowest BCUT2D eigenvalue weighted by atomic mass is 9.91. The van der Waals surface area contributed by atoms with Crippen molar-refractivity contribution < 1.29 is 27.1 Å². The number of fused-ring (bicyclic) bond motifs is 1. The van der Waals surface area contributed by atoms with Crippen molar-refractivity contribution in [2.75, 3.05) is 54.6 Å². The van der Waals surface area contributed by atoms with Crippen LogP contribution in [-0.4, -0.2) is 84.0 Å². The lowest BCUT2D eigenvalue weighted by Crippen LogP contribution is -2.47. The molecule has 1 atom stereocenters. The summed E-state index contributed by atoms with van der Waals surface area (Å²) < 4.78 is 56.7. The number of carbonyl (C=O) groups excluding carboxylic acids is 1. The van der Waals surface area contributed by atoms with Gasteiger partial charge in [0.15, 0.2) is 11.1 Å². The molecule has 58 heavy (non-hydrogen) atoms. The third-order valence-electron chi connectivity index (χ3n) is 11.2. The number of nitrogens with one attached hydrogen (secondary N) is 2. The zero-order chi connectivity index (χ0) is 40.2. The largest absolute Gasteiger partial charge is 0.494 e. The molecule has 0 spiro atoms. The second-order valence-corrected chi connectivity index (χ2v) is 15.7. The highest BCUT2D eigenvalue weighted by Gasteiger charge is 2.29. The average Bonchev–Trinajstić information content (AvgIpc) is 3.65. The summed E-state index contributed by atoms with van der Waals surface area (Å²) in [6.07, 6.45) is 8.70. The fourth-order valence-corrected chi connectivity index (χ4v) is 8.60. The van der Waals surface area contributed by atoms with Crippen molar-refractivity contribution in [3.05, 3.63) is 115 Å². The van der Waals surface area contributed by atoms with E-state index in [0.717, 1.165) is 76.1 Å². The van der Waals surface area contributed by atoms with Crippen LogP contribution in [0.3, 0.4) is 0 Å². The molecule has 15 heteroatoms. The second-order valence-electron chi connectivity index (χ2n) is 14.7. The molecule has 300 valence electrons. The second kappa shape index (κ2) is 17.4. The van der Waals surface area contributed by atoms with E-state index in [0.29, 0.717) is 63.4 Å². The summed E-state index contributed by atoms with van der Waals surface area (Å²) >= 11 is -1.71. The average molecular weight is 807 g/mol. The van der Waals surface area contributed by atoms with Crippen molar-refractivity contribution in [3.63, 3.8) is 0 Å². The Hall–Kier alpha value is -5.77. The lowest BCUT2D eigenvalue weighted by Gasteiger charge is -2.42. The fraction of sp³-hybridized carbons (Fsp3) is 0.302. The molecular weight excluding hydrogens is 763 g/mol. The van der Waals surface area contributed by atoms with Crippen LogP contribution < -0.4 is 20.3 Å². The number of para-hydroxylation sites is 1. The topological polar surface area (TPSA) is 137 Å². The van der Waals surface area contributed by atoms with Gasteiger partial charge in [-0.15, -0.1) is 0 Å². The minimum atomic E-state index is -1.71. The van der Waals surface area contributed by atoms with E-state index in [4.69, 9.17) is 19.3 Å². The number of benzene rings is 3. The molecule has 2 aliphatic rings. The van der Waals surface area contributed by atoms with Gasteiger partial charge < -0.3 is 29.7 Å². The van der Waals surface area contributed by atoms with Crippen LogP contribution in [0.2, 0.25) is 0 Å². The van der Waals surface area contributed by atoms with Crippen molar-refractivity contribution in [2.24, 2.45) is 5.92 Å². The SMILES string of the molecule is COc1cc(N2CCC(N3CCC(CCS(=O)O)CC3)CC2)ccc1Nc1nccc(-c2c(-c3cccc(C(=O)Nc4c(F)cccc4F)c3)nc3ccccn23)n1. The van der Waals surface area contributed by atoms with Gasteiger partial charge in [-0.05, 0) is 106 Å². The highest BCUT2D eigenvalue weighted by atomic mass is 32.2. The van der Waals surface area contributed by atoms with Crippen LogP contribution in [0.1, 0.15) is 42.5 Å². The lowest BCUT2D eigenvalue weighted by molar-refractivity contribution is 0.102. The fourth-order valence-electron chi connectivity index (χ4n) is 8.07. The van der Waals surface area contributed by atoms with Crippen molar-refractivity contribution in [2.45, 2.75) is 38.1 Å². The number of piperidine rings is 2. The number of rotatable bonds is 12. The Morgan fingerprint density at radius 2 is 1.69 bits per heavy atom. The van der Waals surface area contributed by atoms with Gasteiger partial charge in [0.05, 0.1) is 29.9 Å². The first-order valence-corrected chi connectivity index (χ1v) is 20.7. The first kappa shape index (κ1) is 39.1. The number of hydrogen-bond donors (Lipinski definition) is 3. The van der Waals surface area contributed by atoms with Crippen molar-refractivity contribution in [1.82, 2.24) is 24.3 Å². The van der Waals surface area contributed by atoms with Crippen LogP contribution >= 0.6 is 0 Å². The van der Waals surface area contributed by atoms with E-state index in [1.165, 1.54) is 6.07 Å². The molecule has 2 saturated heterocycles. The predicted molar refractivity (Wildman–Crippen MR) is 222 cm³/mol. The normalized spacial score (nSPS) is 16.0. The van der Waals surface area contributed by atoms with Crippen molar-refractivity contribution in [1.29, 1.82) is 0 Å². The number of aromatic nitrogens is 4. The van der Waals surface area contributed by atoms with Crippen molar-refractivity contribution in [3.8, 4) is 28.4 Å². The number of amides is 1. The number of pyridine rings is 1. The molecule has 6 aromatic rings. The first-order chi connectivity index (χ1) is 28.2. The molecule has 2 aliphatic heterocycles. The standard InChI is InChI=1S/C43H44F2N8O4S/c1-57-37-27-32(52-23-16-31(17-24-52)51-21-14-28(15-22-51)18-25-58(55)56)11-12-35(37)47-43-46-19-13-36(48-43)41-39(49-38-10-2-3-20-53(38)41)29-6-4-7-30(26-29)42(54)50-40-33(44)8-5-9-34(40)45/h2-13,19-20,26-28,31H,14-18,21-25H2,1H3,(H,50,54)(H,55,56)(H,46,47,48). The highest BCUT2D eigenvalue weighted by molar-refractivity contribution is 7.79. The van der Waals surface area contributed by atoms with Crippen LogP contribution in [0.4, 0.5) is 31.8 Å². The number of anilines is 4. The molecule has 3 aromatic heterocycles. The molecule has 0 bridgehead atoms. The maximum Gasteiger partial charge on any atom is 0.255 e. The molecule has 1 amide bonds. The van der Waals surface area contributed by atoms with Crippen LogP contribution in [0.25, 0.3) is 28.3 Å². The van der Waals surface area contributed by atoms with Crippen LogP contribution in [0, 0.1) is 17.6 Å². The number of likely N-dealkylation sites (tertiary alicyclic amines) is 1. The maximum atomic E-state index is 14.3. The van der Waals surface area contributed by atoms with Gasteiger partial charge in [0, 0.05) is 60.2 Å². The maximum absolute atomic E-state index is 14.3. The third kappa shape index (κ3) is 8.56. The van der Waals surface area contributed by atoms with Gasteiger partial charge in [-0.3, -0.25) is 9.20 Å². The Morgan fingerprint density at radius 3 is 2.45 bits per heavy atom. The number of imidazole rings is 1. The zero-order valence-electron chi connectivity index (χ0n) is 32.0. The number of nitrogens with zero attached hydrogens (tertiary/aromatic N) is 6. The summed E-state index contributed by atoms with van der Waals surface area (Å²) in [7, 11) is 1.64. The number of carbonyl (C=O) groups is 1. The van der Waals surface area contributed by atoms with E-state index in [1.54, 1.807) is 37.6 Å². The summed E-state index contributed by atoms with van der Waals surface area (Å²) in [4.78, 5) is 32.5. The van der Waals surface area contributed by atoms with Gasteiger partial charge in [-0.1, -0.05) is 24.3 Å². The summed E-state index contributed by atoms with van der Waals surface area (Å²) in [6, 6.07) is 24.2. The molecule has 8 rings (SSSR count). The van der Waals surface area contributed by atoms with E-state index in [2.05, 4.69) is 31.5 Å². The Labute approximate surface area is 337 Å². The Kier molecular flexibility index (Phi) is 11.7. The quantitative estimate of drug-likeness (QED) is 0.104. The molecule has 1 unspecified atom stereocenters. The molecule has 0 aliphatic carbocycles. The molecule has 3 N–H and O–H groups in total. The molecule has 12 nitrogen and oxygen atoms in total. The van der Waals surface area contributed by atoms with Gasteiger partial charge in [-0.25, -0.2) is 27.9 Å². The van der Waals surface area contributed by atoms with Crippen LogP contribution in [0.15, 0.2) is 97.3 Å². The summed E-state index contributed by atoms with van der Waals surface area (Å²) in [6.45, 7) is 3.98. The van der Waals surface area contributed by atoms with Gasteiger partial charge >= 0.3 is 0 Å². The smallest absolute Gasteiger partial charge is 0.255 e. The Morgan fingerprint density at radius 1 is 0.914 bits per heavy atom. The minimum Gasteiger partial charge on any atom is -0.494 e. The molecular formula is C43H44F2N8O4S. The highest BCUT2D eigenvalue weighted by Crippen LogP contribution is 2.36. The Bertz CT molecular complexity index is 2430. The van der Waals surface area contributed by atoms with Crippen LogP contribution in [0.5, 0.6) is 5.75 Å². The number of hydrogen-bond acceptors (Lipinski definition) is 9. The van der Waals surface area contributed by atoms with Gasteiger partial charge in [-0.2, -0.15) is 0 Å². The molecule has 2 fully saturated rings.